The van der Waals surface area contributed by atoms with Crippen LogP contribution in [0.3, 0.4) is 0 Å². The summed E-state index contributed by atoms with van der Waals surface area (Å²) in [5.41, 5.74) is 0.985. The van der Waals surface area contributed by atoms with E-state index in [9.17, 15) is 4.79 Å². The van der Waals surface area contributed by atoms with Crippen LogP contribution in [0.15, 0.2) is 18.2 Å². The summed E-state index contributed by atoms with van der Waals surface area (Å²) in [6.45, 7) is 0.435. The molecule has 0 unspecified atom stereocenters. The molecular weight excluding hydrogens is 258 g/mol. The number of carbonyl (C=O) groups is 1. The van der Waals surface area contributed by atoms with E-state index in [4.69, 9.17) is 14.2 Å². The molecule has 1 atom stereocenters. The van der Waals surface area contributed by atoms with E-state index in [0.29, 0.717) is 18.1 Å². The number of benzene rings is 1. The van der Waals surface area contributed by atoms with Crippen molar-refractivity contribution < 1.29 is 19.0 Å². The second-order valence-corrected chi connectivity index (χ2v) is 3.74. The molecule has 5 nitrogen and oxygen atoms in total. The Bertz CT molecular complexity index is 425. The van der Waals surface area contributed by atoms with Crippen LogP contribution < -0.4 is 14.8 Å². The molecule has 0 saturated carbocycles. The van der Waals surface area contributed by atoms with Gasteiger partial charge in [-0.25, -0.2) is 4.79 Å². The first-order valence-corrected chi connectivity index (χ1v) is 5.40. The first-order chi connectivity index (χ1) is 8.24. The van der Waals surface area contributed by atoms with Gasteiger partial charge in [0, 0.05) is 6.42 Å². The Morgan fingerprint density at radius 3 is 2.61 bits per heavy atom. The number of rotatable bonds is 3. The topological polar surface area (TPSA) is 56.8 Å². The zero-order valence-electron chi connectivity index (χ0n) is 10.3. The van der Waals surface area contributed by atoms with Crippen LogP contribution in [-0.2, 0) is 4.74 Å². The minimum atomic E-state index is -0.379. The van der Waals surface area contributed by atoms with E-state index in [-0.39, 0.29) is 24.5 Å². The van der Waals surface area contributed by atoms with Crippen LogP contribution in [0.2, 0.25) is 0 Å². The fraction of sp³-hybridized carbons (Fsp3) is 0.417. The number of methoxy groups -OCH3 is 2. The highest BCUT2D eigenvalue weighted by Crippen LogP contribution is 2.31. The zero-order chi connectivity index (χ0) is 12.3. The minimum Gasteiger partial charge on any atom is -0.493 e. The lowest BCUT2D eigenvalue weighted by Gasteiger charge is -2.24. The summed E-state index contributed by atoms with van der Waals surface area (Å²) < 4.78 is 15.2. The van der Waals surface area contributed by atoms with E-state index >= 15 is 0 Å². The summed E-state index contributed by atoms with van der Waals surface area (Å²) in [7, 11) is 3.18. The molecule has 1 aliphatic heterocycles. The van der Waals surface area contributed by atoms with Gasteiger partial charge in [0.1, 0.15) is 0 Å². The number of hydrogen-bond acceptors (Lipinski definition) is 4. The van der Waals surface area contributed by atoms with Crippen LogP contribution in [0.25, 0.3) is 0 Å². The number of cyclic esters (lactones) is 1. The highest BCUT2D eigenvalue weighted by Gasteiger charge is 2.21. The number of ether oxygens (including phenoxy) is 3. The molecule has 1 fully saturated rings. The van der Waals surface area contributed by atoms with Gasteiger partial charge in [0.2, 0.25) is 0 Å². The third-order valence-electron chi connectivity index (χ3n) is 2.74. The highest BCUT2D eigenvalue weighted by atomic mass is 35.5. The second-order valence-electron chi connectivity index (χ2n) is 3.74. The van der Waals surface area contributed by atoms with Crippen molar-refractivity contribution in [3.8, 4) is 11.5 Å². The molecule has 18 heavy (non-hydrogen) atoms. The average molecular weight is 274 g/mol. The molecule has 0 aliphatic carbocycles. The van der Waals surface area contributed by atoms with Gasteiger partial charge in [-0.15, -0.1) is 12.4 Å². The number of alkyl carbamates (subject to hydrolysis) is 1. The first-order valence-electron chi connectivity index (χ1n) is 5.40. The van der Waals surface area contributed by atoms with Crippen molar-refractivity contribution in [3.63, 3.8) is 0 Å². The summed E-state index contributed by atoms with van der Waals surface area (Å²) in [6, 6.07) is 5.58. The molecule has 1 saturated heterocycles. The van der Waals surface area contributed by atoms with Crippen molar-refractivity contribution in [2.24, 2.45) is 0 Å². The molecule has 2 rings (SSSR count). The van der Waals surface area contributed by atoms with Gasteiger partial charge in [-0.1, -0.05) is 6.07 Å². The van der Waals surface area contributed by atoms with E-state index in [0.717, 1.165) is 12.0 Å². The largest absolute Gasteiger partial charge is 0.493 e. The van der Waals surface area contributed by atoms with E-state index < -0.39 is 0 Å². The maximum atomic E-state index is 11.1. The molecule has 0 radical (unpaired) electrons. The second kappa shape index (κ2) is 6.35. The molecule has 100 valence electrons. The predicted octanol–water partition coefficient (Wildman–Crippen LogP) is 2.30. The van der Waals surface area contributed by atoms with Crippen molar-refractivity contribution in [1.29, 1.82) is 0 Å². The maximum absolute atomic E-state index is 11.1. The van der Waals surface area contributed by atoms with E-state index in [1.165, 1.54) is 0 Å². The summed E-state index contributed by atoms with van der Waals surface area (Å²) in [5.74, 6) is 1.33. The lowest BCUT2D eigenvalue weighted by molar-refractivity contribution is 0.115. The van der Waals surface area contributed by atoms with Gasteiger partial charge in [-0.05, 0) is 17.7 Å². The number of hydrogen-bond donors (Lipinski definition) is 1. The maximum Gasteiger partial charge on any atom is 0.407 e. The Balaban J connectivity index is 0.00000162. The van der Waals surface area contributed by atoms with Gasteiger partial charge in [-0.3, -0.25) is 0 Å². The van der Waals surface area contributed by atoms with Crippen LogP contribution in [-0.4, -0.2) is 26.9 Å². The van der Waals surface area contributed by atoms with Crippen molar-refractivity contribution in [2.75, 3.05) is 20.8 Å². The van der Waals surface area contributed by atoms with Gasteiger partial charge in [0.05, 0.1) is 26.9 Å². The first kappa shape index (κ1) is 14.4. The fourth-order valence-corrected chi connectivity index (χ4v) is 1.85. The lowest BCUT2D eigenvalue weighted by atomic mass is 10.0. The van der Waals surface area contributed by atoms with Gasteiger partial charge in [0.25, 0.3) is 0 Å². The fourth-order valence-electron chi connectivity index (χ4n) is 1.85. The van der Waals surface area contributed by atoms with Crippen molar-refractivity contribution in [3.05, 3.63) is 23.8 Å². The van der Waals surface area contributed by atoms with Crippen LogP contribution in [0, 0.1) is 0 Å². The third-order valence-corrected chi connectivity index (χ3v) is 2.74. The van der Waals surface area contributed by atoms with Crippen LogP contribution in [0.5, 0.6) is 11.5 Å². The zero-order valence-corrected chi connectivity index (χ0v) is 11.1. The normalized spacial score (nSPS) is 18.1. The number of nitrogens with one attached hydrogen (secondary N) is 1. The van der Waals surface area contributed by atoms with Gasteiger partial charge in [0.15, 0.2) is 11.5 Å². The number of halogens is 1. The molecule has 6 heteroatoms. The molecule has 1 aliphatic rings. The Morgan fingerprint density at radius 1 is 1.28 bits per heavy atom. The number of amides is 1. The SMILES string of the molecule is COc1ccc([C@H]2CCOC(=O)N2)cc1OC.Cl. The smallest absolute Gasteiger partial charge is 0.407 e. The molecule has 0 spiro atoms. The molecule has 1 aromatic carbocycles. The van der Waals surface area contributed by atoms with Crippen molar-refractivity contribution >= 4 is 18.5 Å². The van der Waals surface area contributed by atoms with Crippen molar-refractivity contribution in [2.45, 2.75) is 12.5 Å². The molecule has 1 amide bonds. The van der Waals surface area contributed by atoms with Gasteiger partial charge >= 0.3 is 6.09 Å². The third kappa shape index (κ3) is 2.98. The van der Waals surface area contributed by atoms with Crippen LogP contribution in [0.1, 0.15) is 18.0 Å². The summed E-state index contributed by atoms with van der Waals surface area (Å²) >= 11 is 0. The lowest BCUT2D eigenvalue weighted by Crippen LogP contribution is -2.35. The molecule has 1 aromatic rings. The Kier molecular flexibility index (Phi) is 5.09. The molecule has 1 heterocycles. The van der Waals surface area contributed by atoms with Crippen molar-refractivity contribution in [1.82, 2.24) is 5.32 Å². The standard InChI is InChI=1S/C12H15NO4.ClH/c1-15-10-4-3-8(7-11(10)16-2)9-5-6-17-12(14)13-9;/h3-4,7,9H,5-6H2,1-2H3,(H,13,14);1H/t9-;/m1./s1. The van der Waals surface area contributed by atoms with E-state index in [1.54, 1.807) is 14.2 Å². The summed E-state index contributed by atoms with van der Waals surface area (Å²) in [4.78, 5) is 11.1. The Labute approximate surface area is 112 Å². The monoisotopic (exact) mass is 273 g/mol. The molecular formula is C12H16ClNO4. The molecule has 0 aromatic heterocycles. The Hall–Kier alpha value is -1.62. The van der Waals surface area contributed by atoms with E-state index in [1.807, 2.05) is 18.2 Å². The highest BCUT2D eigenvalue weighted by molar-refractivity contribution is 5.85. The molecule has 1 N–H and O–H groups in total. The summed E-state index contributed by atoms with van der Waals surface area (Å²) in [6.07, 6.45) is 0.373. The predicted molar refractivity (Wildman–Crippen MR) is 68.6 cm³/mol. The van der Waals surface area contributed by atoms with Crippen LogP contribution in [0.4, 0.5) is 4.79 Å². The van der Waals surface area contributed by atoms with Crippen LogP contribution >= 0.6 is 12.4 Å². The van der Waals surface area contributed by atoms with E-state index in [2.05, 4.69) is 5.32 Å². The Morgan fingerprint density at radius 2 is 2.00 bits per heavy atom. The molecule has 0 bridgehead atoms. The average Bonchev–Trinajstić information content (AvgIpc) is 2.38. The number of carbonyl (C=O) groups excluding carboxylic acids is 1. The summed E-state index contributed by atoms with van der Waals surface area (Å²) in [5, 5.41) is 2.76. The quantitative estimate of drug-likeness (QED) is 0.918. The minimum absolute atomic E-state index is 0. The van der Waals surface area contributed by atoms with Gasteiger partial charge < -0.3 is 19.5 Å². The van der Waals surface area contributed by atoms with Gasteiger partial charge in [-0.2, -0.15) is 0 Å².